The van der Waals surface area contributed by atoms with Gasteiger partial charge in [0.05, 0.1) is 18.2 Å². The van der Waals surface area contributed by atoms with Crippen molar-refractivity contribution in [1.82, 2.24) is 5.32 Å². The van der Waals surface area contributed by atoms with Crippen LogP contribution < -0.4 is 10.1 Å². The summed E-state index contributed by atoms with van der Waals surface area (Å²) < 4.78 is 7.30. The summed E-state index contributed by atoms with van der Waals surface area (Å²) in [6.07, 6.45) is 0. The molecule has 1 aromatic rings. The molecule has 5 heteroatoms. The number of nitrogens with one attached hydrogen (secondary N) is 1. The normalized spacial score (nSPS) is 12.8. The molecule has 0 spiro atoms. The molecule has 2 N–H and O–H groups in total. The van der Waals surface area contributed by atoms with Gasteiger partial charge in [0.15, 0.2) is 0 Å². The summed E-state index contributed by atoms with van der Waals surface area (Å²) in [4.78, 5) is 0. The summed E-state index contributed by atoms with van der Waals surface area (Å²) in [5, 5.41) is 12.6. The number of aliphatic hydroxyl groups is 1. The Hall–Kier alpha value is -0.100. The molecule has 0 aliphatic heterocycles. The van der Waals surface area contributed by atoms with E-state index < -0.39 is 0 Å². The largest absolute Gasteiger partial charge is 0.495 e. The van der Waals surface area contributed by atoms with Crippen molar-refractivity contribution >= 4 is 31.9 Å². The van der Waals surface area contributed by atoms with E-state index in [0.29, 0.717) is 12.5 Å². The molecule has 0 unspecified atom stereocenters. The smallest absolute Gasteiger partial charge is 0.137 e. The third-order valence-electron chi connectivity index (χ3n) is 2.85. The van der Waals surface area contributed by atoms with Crippen LogP contribution in [0.25, 0.3) is 0 Å². The summed E-state index contributed by atoms with van der Waals surface area (Å²) in [6, 6.07) is 4.06. The lowest BCUT2D eigenvalue weighted by Crippen LogP contribution is -2.36. The molecule has 3 nitrogen and oxygen atoms in total. The lowest BCUT2D eigenvalue weighted by molar-refractivity contribution is 0.209. The highest BCUT2D eigenvalue weighted by Gasteiger charge is 2.14. The number of benzene rings is 1. The van der Waals surface area contributed by atoms with Gasteiger partial charge in [-0.15, -0.1) is 0 Å². The predicted molar refractivity (Wildman–Crippen MR) is 80.9 cm³/mol. The van der Waals surface area contributed by atoms with Crippen LogP contribution in [-0.4, -0.2) is 24.9 Å². The Kier molecular flexibility index (Phi) is 6.63. The third kappa shape index (κ3) is 4.23. The number of hydrogen-bond acceptors (Lipinski definition) is 3. The molecule has 0 aromatic heterocycles. The Morgan fingerprint density at radius 2 is 2.00 bits per heavy atom. The standard InChI is InChI=1S/C13H19Br2NO2/c1-8(2)12(7-17)16-6-9-4-10(14)5-11(15)13(9)18-3/h4-5,8,12,16-17H,6-7H2,1-3H3/t12-/m1/s1. The maximum Gasteiger partial charge on any atom is 0.137 e. The van der Waals surface area contributed by atoms with Crippen molar-refractivity contribution in [3.05, 3.63) is 26.6 Å². The molecule has 0 saturated heterocycles. The van der Waals surface area contributed by atoms with Crippen LogP contribution in [0.5, 0.6) is 5.75 Å². The van der Waals surface area contributed by atoms with Gasteiger partial charge in [0, 0.05) is 22.6 Å². The van der Waals surface area contributed by atoms with Crippen LogP contribution in [0.15, 0.2) is 21.1 Å². The van der Waals surface area contributed by atoms with Crippen LogP contribution in [0.2, 0.25) is 0 Å². The highest BCUT2D eigenvalue weighted by atomic mass is 79.9. The molecule has 1 rings (SSSR count). The van der Waals surface area contributed by atoms with Crippen molar-refractivity contribution in [2.45, 2.75) is 26.4 Å². The number of aliphatic hydroxyl groups excluding tert-OH is 1. The number of ether oxygens (including phenoxy) is 1. The van der Waals surface area contributed by atoms with E-state index in [1.807, 2.05) is 12.1 Å². The fourth-order valence-corrected chi connectivity index (χ4v) is 3.20. The Morgan fingerprint density at radius 1 is 1.33 bits per heavy atom. The van der Waals surface area contributed by atoms with Crippen molar-refractivity contribution in [3.8, 4) is 5.75 Å². The topological polar surface area (TPSA) is 41.5 Å². The second-order valence-corrected chi connectivity index (χ2v) is 6.26. The van der Waals surface area contributed by atoms with Gasteiger partial charge in [-0.25, -0.2) is 0 Å². The Morgan fingerprint density at radius 3 is 2.50 bits per heavy atom. The van der Waals surface area contributed by atoms with Gasteiger partial charge in [-0.3, -0.25) is 0 Å². The van der Waals surface area contributed by atoms with E-state index >= 15 is 0 Å². The minimum absolute atomic E-state index is 0.0902. The monoisotopic (exact) mass is 379 g/mol. The lowest BCUT2D eigenvalue weighted by Gasteiger charge is -2.21. The van der Waals surface area contributed by atoms with E-state index in [-0.39, 0.29) is 12.6 Å². The molecular formula is C13H19Br2NO2. The average Bonchev–Trinajstić information content (AvgIpc) is 2.28. The first-order chi connectivity index (χ1) is 8.49. The highest BCUT2D eigenvalue weighted by molar-refractivity contribution is 9.11. The van der Waals surface area contributed by atoms with Crippen LogP contribution in [0.1, 0.15) is 19.4 Å². The van der Waals surface area contributed by atoms with Gasteiger partial charge in [-0.1, -0.05) is 29.8 Å². The van der Waals surface area contributed by atoms with Gasteiger partial charge in [0.25, 0.3) is 0 Å². The molecule has 0 saturated carbocycles. The Bertz CT molecular complexity index is 397. The number of methoxy groups -OCH3 is 1. The molecule has 1 aromatic carbocycles. The Balaban J connectivity index is 2.83. The third-order valence-corrected chi connectivity index (χ3v) is 3.89. The highest BCUT2D eigenvalue weighted by Crippen LogP contribution is 2.32. The fraction of sp³-hybridized carbons (Fsp3) is 0.538. The predicted octanol–water partition coefficient (Wildman–Crippen LogP) is 3.33. The van der Waals surface area contributed by atoms with E-state index in [9.17, 15) is 5.11 Å². The lowest BCUT2D eigenvalue weighted by atomic mass is 10.0. The summed E-state index contributed by atoms with van der Waals surface area (Å²) >= 11 is 6.95. The van der Waals surface area contributed by atoms with Gasteiger partial charge >= 0.3 is 0 Å². The van der Waals surface area contributed by atoms with Crippen LogP contribution in [0, 0.1) is 5.92 Å². The molecule has 102 valence electrons. The minimum Gasteiger partial charge on any atom is -0.495 e. The molecular weight excluding hydrogens is 362 g/mol. The SMILES string of the molecule is COc1c(Br)cc(Br)cc1CN[C@H](CO)C(C)C. The van der Waals surface area contributed by atoms with Gasteiger partial charge < -0.3 is 15.2 Å². The Labute approximate surface area is 125 Å². The average molecular weight is 381 g/mol. The summed E-state index contributed by atoms with van der Waals surface area (Å²) in [6.45, 7) is 4.96. The second-order valence-electron chi connectivity index (χ2n) is 4.49. The van der Waals surface area contributed by atoms with E-state index in [1.165, 1.54) is 0 Å². The first-order valence-corrected chi connectivity index (χ1v) is 7.44. The first kappa shape index (κ1) is 16.0. The first-order valence-electron chi connectivity index (χ1n) is 5.85. The molecule has 0 heterocycles. The van der Waals surface area contributed by atoms with Crippen LogP contribution >= 0.6 is 31.9 Å². The molecule has 0 aliphatic carbocycles. The number of halogens is 2. The van der Waals surface area contributed by atoms with Gasteiger partial charge in [0.1, 0.15) is 5.75 Å². The van der Waals surface area contributed by atoms with Crippen molar-refractivity contribution in [3.63, 3.8) is 0 Å². The van der Waals surface area contributed by atoms with Crippen molar-refractivity contribution in [1.29, 1.82) is 0 Å². The molecule has 0 fully saturated rings. The van der Waals surface area contributed by atoms with Crippen LogP contribution in [0.3, 0.4) is 0 Å². The zero-order valence-corrected chi connectivity index (χ0v) is 14.0. The van der Waals surface area contributed by atoms with Crippen LogP contribution in [0.4, 0.5) is 0 Å². The van der Waals surface area contributed by atoms with Crippen molar-refractivity contribution in [2.75, 3.05) is 13.7 Å². The summed E-state index contributed by atoms with van der Waals surface area (Å²) in [7, 11) is 1.66. The second kappa shape index (κ2) is 7.48. The van der Waals surface area contributed by atoms with Gasteiger partial charge in [0.2, 0.25) is 0 Å². The van der Waals surface area contributed by atoms with Crippen molar-refractivity contribution < 1.29 is 9.84 Å². The quantitative estimate of drug-likeness (QED) is 0.795. The molecule has 1 atom stereocenters. The zero-order chi connectivity index (χ0) is 13.7. The van der Waals surface area contributed by atoms with E-state index in [1.54, 1.807) is 7.11 Å². The maximum atomic E-state index is 9.30. The van der Waals surface area contributed by atoms with Crippen molar-refractivity contribution in [2.24, 2.45) is 5.92 Å². The number of hydrogen-bond donors (Lipinski definition) is 2. The molecule has 0 radical (unpaired) electrons. The summed E-state index contributed by atoms with van der Waals surface area (Å²) in [5.74, 6) is 1.21. The van der Waals surface area contributed by atoms with E-state index in [4.69, 9.17) is 4.74 Å². The van der Waals surface area contributed by atoms with E-state index in [0.717, 1.165) is 20.3 Å². The van der Waals surface area contributed by atoms with Gasteiger partial charge in [-0.2, -0.15) is 0 Å². The maximum absolute atomic E-state index is 9.30. The molecule has 18 heavy (non-hydrogen) atoms. The fourth-order valence-electron chi connectivity index (χ4n) is 1.73. The molecule has 0 amide bonds. The zero-order valence-electron chi connectivity index (χ0n) is 10.8. The molecule has 0 bridgehead atoms. The number of rotatable bonds is 6. The minimum atomic E-state index is 0.0902. The van der Waals surface area contributed by atoms with Gasteiger partial charge in [-0.05, 0) is 34.0 Å². The molecule has 0 aliphatic rings. The van der Waals surface area contributed by atoms with E-state index in [2.05, 4.69) is 51.0 Å². The van der Waals surface area contributed by atoms with Crippen LogP contribution in [-0.2, 0) is 6.54 Å². The summed E-state index contributed by atoms with van der Waals surface area (Å²) in [5.41, 5.74) is 1.05.